The standard InChI is InChI=1S/C9H8Cl2O4S/c1-5-3-7(10)6(9(12)15-2)4-8(5)16(11,13)14/h3-4H,1-2H3. The van der Waals surface area contributed by atoms with E-state index in [4.69, 9.17) is 22.3 Å². The first-order valence-corrected chi connectivity index (χ1v) is 6.79. The summed E-state index contributed by atoms with van der Waals surface area (Å²) in [6.07, 6.45) is 0. The molecule has 0 atom stereocenters. The van der Waals surface area contributed by atoms with Gasteiger partial charge in [-0.15, -0.1) is 0 Å². The van der Waals surface area contributed by atoms with Crippen molar-refractivity contribution in [2.45, 2.75) is 11.8 Å². The van der Waals surface area contributed by atoms with Crippen LogP contribution in [0, 0.1) is 6.92 Å². The maximum atomic E-state index is 11.3. The number of hydrogen-bond donors (Lipinski definition) is 0. The third-order valence-electron chi connectivity index (χ3n) is 1.93. The predicted molar refractivity (Wildman–Crippen MR) is 60.6 cm³/mol. The zero-order valence-electron chi connectivity index (χ0n) is 8.45. The van der Waals surface area contributed by atoms with Crippen LogP contribution in [0.4, 0.5) is 0 Å². The maximum absolute atomic E-state index is 11.3. The summed E-state index contributed by atoms with van der Waals surface area (Å²) in [4.78, 5) is 11.1. The van der Waals surface area contributed by atoms with E-state index in [0.717, 1.165) is 6.07 Å². The van der Waals surface area contributed by atoms with E-state index >= 15 is 0 Å². The Morgan fingerprint density at radius 3 is 2.38 bits per heavy atom. The number of carbonyl (C=O) groups is 1. The molecule has 16 heavy (non-hydrogen) atoms. The van der Waals surface area contributed by atoms with Crippen molar-refractivity contribution in [3.05, 3.63) is 28.3 Å². The summed E-state index contributed by atoms with van der Waals surface area (Å²) in [6, 6.07) is 2.45. The van der Waals surface area contributed by atoms with Gasteiger partial charge in [0.2, 0.25) is 0 Å². The summed E-state index contributed by atoms with van der Waals surface area (Å²) in [5, 5.41) is 0.119. The molecule has 88 valence electrons. The highest BCUT2D eigenvalue weighted by Gasteiger charge is 2.19. The van der Waals surface area contributed by atoms with E-state index in [1.54, 1.807) is 0 Å². The fourth-order valence-corrected chi connectivity index (χ4v) is 2.68. The highest BCUT2D eigenvalue weighted by atomic mass is 35.7. The largest absolute Gasteiger partial charge is 0.465 e. The number of methoxy groups -OCH3 is 1. The number of hydrogen-bond acceptors (Lipinski definition) is 4. The second kappa shape index (κ2) is 4.61. The quantitative estimate of drug-likeness (QED) is 0.617. The van der Waals surface area contributed by atoms with Gasteiger partial charge in [0.05, 0.1) is 22.6 Å². The lowest BCUT2D eigenvalue weighted by atomic mass is 10.1. The number of rotatable bonds is 2. The van der Waals surface area contributed by atoms with Gasteiger partial charge >= 0.3 is 5.97 Å². The number of ether oxygens (including phenoxy) is 1. The van der Waals surface area contributed by atoms with Gasteiger partial charge < -0.3 is 4.74 Å². The summed E-state index contributed by atoms with van der Waals surface area (Å²) in [5.41, 5.74) is 0.335. The Hall–Kier alpha value is -0.780. The molecule has 0 saturated carbocycles. The van der Waals surface area contributed by atoms with Gasteiger partial charge in [0.25, 0.3) is 9.05 Å². The summed E-state index contributed by atoms with van der Waals surface area (Å²) in [6.45, 7) is 1.53. The fourth-order valence-electron chi connectivity index (χ4n) is 1.18. The molecule has 7 heteroatoms. The second-order valence-electron chi connectivity index (χ2n) is 3.03. The van der Waals surface area contributed by atoms with E-state index in [0.29, 0.717) is 5.56 Å². The Labute approximate surface area is 103 Å². The van der Waals surface area contributed by atoms with Gasteiger partial charge in [0.15, 0.2) is 0 Å². The van der Waals surface area contributed by atoms with Crippen LogP contribution < -0.4 is 0 Å². The van der Waals surface area contributed by atoms with E-state index in [-0.39, 0.29) is 15.5 Å². The smallest absolute Gasteiger partial charge is 0.339 e. The Kier molecular flexibility index (Phi) is 3.83. The monoisotopic (exact) mass is 282 g/mol. The second-order valence-corrected chi connectivity index (χ2v) is 5.97. The van der Waals surface area contributed by atoms with Crippen LogP contribution in [0.3, 0.4) is 0 Å². The molecule has 0 aliphatic heterocycles. The highest BCUT2D eigenvalue weighted by Crippen LogP contribution is 2.27. The van der Waals surface area contributed by atoms with Crippen LogP contribution in [0.2, 0.25) is 5.02 Å². The molecule has 0 unspecified atom stereocenters. The van der Waals surface area contributed by atoms with Gasteiger partial charge in [-0.05, 0) is 24.6 Å². The normalized spacial score (nSPS) is 11.2. The number of esters is 1. The van der Waals surface area contributed by atoms with Crippen molar-refractivity contribution in [1.29, 1.82) is 0 Å². The first-order valence-electron chi connectivity index (χ1n) is 4.10. The Balaban J connectivity index is 3.51. The zero-order valence-corrected chi connectivity index (χ0v) is 10.8. The van der Waals surface area contributed by atoms with Gasteiger partial charge in [-0.1, -0.05) is 11.6 Å². The van der Waals surface area contributed by atoms with Gasteiger partial charge in [0.1, 0.15) is 0 Å². The van der Waals surface area contributed by atoms with Crippen molar-refractivity contribution in [2.24, 2.45) is 0 Å². The van der Waals surface area contributed by atoms with Crippen LogP contribution in [-0.2, 0) is 13.8 Å². The minimum Gasteiger partial charge on any atom is -0.465 e. The molecule has 0 aliphatic carbocycles. The Morgan fingerprint density at radius 2 is 1.94 bits per heavy atom. The van der Waals surface area contributed by atoms with Gasteiger partial charge in [-0.3, -0.25) is 0 Å². The minimum absolute atomic E-state index is 0.0333. The molecule has 0 amide bonds. The fraction of sp³-hybridized carbons (Fsp3) is 0.222. The summed E-state index contributed by atoms with van der Waals surface area (Å²) >= 11 is 5.79. The Bertz CT molecular complexity index is 537. The number of benzene rings is 1. The van der Waals surface area contributed by atoms with Gasteiger partial charge in [0, 0.05) is 10.7 Å². The van der Waals surface area contributed by atoms with Crippen LogP contribution in [0.1, 0.15) is 15.9 Å². The molecule has 0 spiro atoms. The van der Waals surface area contributed by atoms with Crippen molar-refractivity contribution >= 4 is 37.3 Å². The van der Waals surface area contributed by atoms with Crippen molar-refractivity contribution in [2.75, 3.05) is 7.11 Å². The lowest BCUT2D eigenvalue weighted by Gasteiger charge is -2.07. The average Bonchev–Trinajstić information content (AvgIpc) is 2.14. The predicted octanol–water partition coefficient (Wildman–Crippen LogP) is 2.36. The number of aryl methyl sites for hydroxylation is 1. The molecule has 0 bridgehead atoms. The molecule has 0 aromatic heterocycles. The average molecular weight is 283 g/mol. The Morgan fingerprint density at radius 1 is 1.38 bits per heavy atom. The van der Waals surface area contributed by atoms with E-state index in [1.165, 1.54) is 20.1 Å². The van der Waals surface area contributed by atoms with Crippen LogP contribution in [0.5, 0.6) is 0 Å². The summed E-state index contributed by atoms with van der Waals surface area (Å²) < 4.78 is 26.9. The molecule has 1 rings (SSSR count). The molecule has 1 aromatic carbocycles. The van der Waals surface area contributed by atoms with Crippen molar-refractivity contribution in [3.8, 4) is 0 Å². The number of halogens is 2. The first-order chi connectivity index (χ1) is 7.27. The molecule has 0 fully saturated rings. The molecular formula is C9H8Cl2O4S. The summed E-state index contributed by atoms with van der Waals surface area (Å²) in [5.74, 6) is -0.716. The maximum Gasteiger partial charge on any atom is 0.339 e. The van der Waals surface area contributed by atoms with Crippen LogP contribution >= 0.6 is 22.3 Å². The van der Waals surface area contributed by atoms with Crippen LogP contribution in [0.15, 0.2) is 17.0 Å². The van der Waals surface area contributed by atoms with Crippen molar-refractivity contribution in [1.82, 2.24) is 0 Å². The summed E-state index contributed by atoms with van der Waals surface area (Å²) in [7, 11) is 2.48. The zero-order chi connectivity index (χ0) is 12.5. The van der Waals surface area contributed by atoms with E-state index < -0.39 is 15.0 Å². The SMILES string of the molecule is COC(=O)c1cc(S(=O)(=O)Cl)c(C)cc1Cl. The molecular weight excluding hydrogens is 275 g/mol. The van der Waals surface area contributed by atoms with E-state index in [9.17, 15) is 13.2 Å². The highest BCUT2D eigenvalue weighted by molar-refractivity contribution is 8.13. The minimum atomic E-state index is -3.91. The molecule has 0 radical (unpaired) electrons. The lowest BCUT2D eigenvalue weighted by Crippen LogP contribution is -2.05. The van der Waals surface area contributed by atoms with Crippen molar-refractivity contribution < 1.29 is 17.9 Å². The van der Waals surface area contributed by atoms with Crippen LogP contribution in [0.25, 0.3) is 0 Å². The van der Waals surface area contributed by atoms with Gasteiger partial charge in [-0.2, -0.15) is 0 Å². The lowest BCUT2D eigenvalue weighted by molar-refractivity contribution is 0.0600. The third kappa shape index (κ3) is 2.66. The van der Waals surface area contributed by atoms with Crippen molar-refractivity contribution in [3.63, 3.8) is 0 Å². The first kappa shape index (κ1) is 13.3. The molecule has 0 saturated heterocycles. The molecule has 0 aliphatic rings. The molecule has 0 N–H and O–H groups in total. The number of carbonyl (C=O) groups excluding carboxylic acids is 1. The molecule has 4 nitrogen and oxygen atoms in total. The third-order valence-corrected chi connectivity index (χ3v) is 3.71. The molecule has 1 aromatic rings. The van der Waals surface area contributed by atoms with Gasteiger partial charge in [-0.25, -0.2) is 13.2 Å². The van der Waals surface area contributed by atoms with E-state index in [2.05, 4.69) is 4.74 Å². The van der Waals surface area contributed by atoms with E-state index in [1.807, 2.05) is 0 Å². The molecule has 0 heterocycles. The van der Waals surface area contributed by atoms with Crippen LogP contribution in [-0.4, -0.2) is 21.5 Å². The topological polar surface area (TPSA) is 60.4 Å².